The topological polar surface area (TPSA) is 87.7 Å². The van der Waals surface area contributed by atoms with E-state index in [0.29, 0.717) is 24.3 Å². The smallest absolute Gasteiger partial charge is 0.225 e. The molecule has 2 aromatic heterocycles. The van der Waals surface area contributed by atoms with Crippen LogP contribution in [0.5, 0.6) is 0 Å². The summed E-state index contributed by atoms with van der Waals surface area (Å²) in [6.07, 6.45) is 4.44. The van der Waals surface area contributed by atoms with Crippen LogP contribution in [0, 0.1) is 0 Å². The number of rotatable bonds is 6. The maximum absolute atomic E-state index is 11.7. The summed E-state index contributed by atoms with van der Waals surface area (Å²) in [5.74, 6) is 0.504. The average molecular weight is 387 g/mol. The summed E-state index contributed by atoms with van der Waals surface area (Å²) in [4.78, 5) is 25.9. The Labute approximate surface area is 163 Å². The molecule has 1 amide bonds. The molecule has 27 heavy (non-hydrogen) atoms. The van der Waals surface area contributed by atoms with Crippen molar-refractivity contribution in [3.63, 3.8) is 0 Å². The van der Waals surface area contributed by atoms with E-state index in [9.17, 15) is 9.59 Å². The lowest BCUT2D eigenvalue weighted by Gasteiger charge is -2.03. The van der Waals surface area contributed by atoms with Crippen LogP contribution >= 0.6 is 11.6 Å². The number of anilines is 1. The van der Waals surface area contributed by atoms with Gasteiger partial charge in [0.25, 0.3) is 0 Å². The Morgan fingerprint density at radius 2 is 1.78 bits per heavy atom. The number of carbonyl (C=O) groups is 2. The molecule has 0 saturated carbocycles. The highest BCUT2D eigenvalue weighted by molar-refractivity contribution is 6.63. The minimum atomic E-state index is -0.238. The summed E-state index contributed by atoms with van der Waals surface area (Å²) < 4.78 is 0. The maximum atomic E-state index is 11.7. The molecular weight excluding hydrogens is 364 g/mol. The number of aromatic amines is 1. The van der Waals surface area contributed by atoms with Gasteiger partial charge in [0.15, 0.2) is 11.5 Å². The van der Waals surface area contributed by atoms with Gasteiger partial charge in [0.05, 0.1) is 5.39 Å². The molecule has 6 nitrogen and oxygen atoms in total. The quantitative estimate of drug-likeness (QED) is 0.589. The molecule has 0 fully saturated rings. The van der Waals surface area contributed by atoms with Crippen molar-refractivity contribution >= 4 is 39.6 Å². The van der Waals surface area contributed by atoms with Crippen molar-refractivity contribution in [3.8, 4) is 11.1 Å². The lowest BCUT2D eigenvalue weighted by molar-refractivity contribution is -0.116. The van der Waals surface area contributed by atoms with Crippen LogP contribution in [0.15, 0.2) is 42.6 Å². The Hall–Kier alpha value is -2.73. The number of halogens is 1. The second-order valence-corrected chi connectivity index (χ2v) is 6.38. The van der Waals surface area contributed by atoms with Gasteiger partial charge < -0.3 is 5.32 Å². The van der Waals surface area contributed by atoms with Gasteiger partial charge in [0.1, 0.15) is 0 Å². The first kappa shape index (κ1) is 20.6. The van der Waals surface area contributed by atoms with Gasteiger partial charge in [-0.2, -0.15) is 5.10 Å². The van der Waals surface area contributed by atoms with Crippen LogP contribution in [-0.4, -0.2) is 26.3 Å². The van der Waals surface area contributed by atoms with Gasteiger partial charge in [-0.15, -0.1) is 0 Å². The van der Waals surface area contributed by atoms with Gasteiger partial charge >= 0.3 is 0 Å². The Balaban J connectivity index is 0.000000380. The molecule has 0 saturated heterocycles. The second-order valence-electron chi connectivity index (χ2n) is 5.96. The van der Waals surface area contributed by atoms with E-state index >= 15 is 0 Å². The number of amides is 1. The highest BCUT2D eigenvalue weighted by atomic mass is 35.5. The molecular formula is C20H23ClN4O2. The molecule has 0 atom stereocenters. The highest BCUT2D eigenvalue weighted by Crippen LogP contribution is 2.25. The molecule has 3 aromatic rings. The molecule has 2 heterocycles. The van der Waals surface area contributed by atoms with Crippen molar-refractivity contribution in [2.45, 2.75) is 39.5 Å². The van der Waals surface area contributed by atoms with E-state index in [-0.39, 0.29) is 11.1 Å². The van der Waals surface area contributed by atoms with Gasteiger partial charge in [-0.1, -0.05) is 44.2 Å². The fourth-order valence-corrected chi connectivity index (χ4v) is 2.59. The first-order valence-corrected chi connectivity index (χ1v) is 9.30. The SMILES string of the molecule is CCCC(=O)Cl.CCCC(=O)Nc1n[nH]c2ncc(-c3ccccc3)cc12. The molecule has 0 bridgehead atoms. The first-order chi connectivity index (χ1) is 13.0. The number of nitrogens with one attached hydrogen (secondary N) is 2. The van der Waals surface area contributed by atoms with Gasteiger partial charge in [-0.05, 0) is 36.1 Å². The third-order valence-corrected chi connectivity index (χ3v) is 3.89. The molecule has 1 aromatic carbocycles. The lowest BCUT2D eigenvalue weighted by atomic mass is 10.1. The number of hydrogen-bond donors (Lipinski definition) is 2. The third kappa shape index (κ3) is 6.18. The van der Waals surface area contributed by atoms with Gasteiger partial charge in [0, 0.05) is 24.6 Å². The first-order valence-electron chi connectivity index (χ1n) is 8.92. The zero-order chi connectivity index (χ0) is 19.6. The van der Waals surface area contributed by atoms with Crippen LogP contribution in [0.1, 0.15) is 39.5 Å². The van der Waals surface area contributed by atoms with Crippen molar-refractivity contribution < 1.29 is 9.59 Å². The molecule has 0 aliphatic carbocycles. The summed E-state index contributed by atoms with van der Waals surface area (Å²) in [6, 6.07) is 12.0. The molecule has 2 N–H and O–H groups in total. The summed E-state index contributed by atoms with van der Waals surface area (Å²) in [7, 11) is 0. The number of benzene rings is 1. The summed E-state index contributed by atoms with van der Waals surface area (Å²) in [6.45, 7) is 3.89. The Bertz CT molecular complexity index is 893. The Morgan fingerprint density at radius 3 is 2.37 bits per heavy atom. The molecule has 0 aliphatic rings. The second kappa shape index (κ2) is 10.4. The summed E-state index contributed by atoms with van der Waals surface area (Å²) >= 11 is 4.94. The minimum absolute atomic E-state index is 0.0315. The van der Waals surface area contributed by atoms with Gasteiger partial charge in [0.2, 0.25) is 11.1 Å². The largest absolute Gasteiger partial charge is 0.309 e. The van der Waals surface area contributed by atoms with Crippen molar-refractivity contribution in [3.05, 3.63) is 42.6 Å². The maximum Gasteiger partial charge on any atom is 0.225 e. The van der Waals surface area contributed by atoms with Crippen molar-refractivity contribution in [2.75, 3.05) is 5.32 Å². The Morgan fingerprint density at radius 1 is 1.07 bits per heavy atom. The van der Waals surface area contributed by atoms with E-state index in [1.54, 1.807) is 6.20 Å². The van der Waals surface area contributed by atoms with E-state index in [1.807, 2.05) is 50.2 Å². The molecule has 0 aliphatic heterocycles. The van der Waals surface area contributed by atoms with Crippen molar-refractivity contribution in [2.24, 2.45) is 0 Å². The predicted molar refractivity (Wildman–Crippen MR) is 109 cm³/mol. The number of fused-ring (bicyclic) bond motifs is 1. The number of carbonyl (C=O) groups excluding carboxylic acids is 2. The summed E-state index contributed by atoms with van der Waals surface area (Å²) in [5.41, 5.74) is 2.75. The molecule has 0 unspecified atom stereocenters. The van der Waals surface area contributed by atoms with Crippen molar-refractivity contribution in [1.82, 2.24) is 15.2 Å². The molecule has 3 rings (SSSR count). The van der Waals surface area contributed by atoms with E-state index in [4.69, 9.17) is 11.6 Å². The third-order valence-electron chi connectivity index (χ3n) is 3.70. The van der Waals surface area contributed by atoms with Crippen molar-refractivity contribution in [1.29, 1.82) is 0 Å². The van der Waals surface area contributed by atoms with Gasteiger partial charge in [-0.3, -0.25) is 14.7 Å². The number of pyridine rings is 1. The van der Waals surface area contributed by atoms with Crippen LogP contribution in [0.25, 0.3) is 22.2 Å². The standard InChI is InChI=1S/C16H16N4O.C4H7ClO/c1-2-6-14(21)18-16-13-9-12(10-17-15(13)19-20-16)11-7-4-3-5-8-11;1-2-3-4(5)6/h3-5,7-10H,2,6H2,1H3,(H2,17,18,19,20,21);2-3H2,1H3. The van der Waals surface area contributed by atoms with Crippen LogP contribution < -0.4 is 5.32 Å². The number of H-pyrrole nitrogens is 1. The van der Waals surface area contributed by atoms with Crippen LogP contribution in [0.3, 0.4) is 0 Å². The number of hydrogen-bond acceptors (Lipinski definition) is 4. The monoisotopic (exact) mass is 386 g/mol. The molecule has 0 spiro atoms. The van der Waals surface area contributed by atoms with E-state index in [2.05, 4.69) is 20.5 Å². The van der Waals surface area contributed by atoms with E-state index in [1.165, 1.54) is 0 Å². The lowest BCUT2D eigenvalue weighted by Crippen LogP contribution is -2.11. The number of aromatic nitrogens is 3. The van der Waals surface area contributed by atoms with E-state index in [0.717, 1.165) is 29.4 Å². The zero-order valence-corrected chi connectivity index (χ0v) is 16.2. The predicted octanol–water partition coefficient (Wildman–Crippen LogP) is 4.92. The molecule has 0 radical (unpaired) electrons. The highest BCUT2D eigenvalue weighted by Gasteiger charge is 2.11. The molecule has 7 heteroatoms. The fraction of sp³-hybridized carbons (Fsp3) is 0.300. The normalized spacial score (nSPS) is 10.2. The average Bonchev–Trinajstić information content (AvgIpc) is 3.05. The van der Waals surface area contributed by atoms with Crippen LogP contribution in [-0.2, 0) is 9.59 Å². The van der Waals surface area contributed by atoms with Gasteiger partial charge in [-0.25, -0.2) is 4.98 Å². The minimum Gasteiger partial charge on any atom is -0.309 e. The summed E-state index contributed by atoms with van der Waals surface area (Å²) in [5, 5.41) is 10.4. The Kier molecular flexibility index (Phi) is 7.95. The fourth-order valence-electron chi connectivity index (χ4n) is 2.41. The number of nitrogens with zero attached hydrogens (tertiary/aromatic N) is 2. The van der Waals surface area contributed by atoms with E-state index < -0.39 is 0 Å². The van der Waals surface area contributed by atoms with Crippen LogP contribution in [0.4, 0.5) is 5.82 Å². The van der Waals surface area contributed by atoms with Crippen LogP contribution in [0.2, 0.25) is 0 Å². The molecule has 142 valence electrons. The zero-order valence-electron chi connectivity index (χ0n) is 15.5.